The minimum atomic E-state index is -2.31. The fourth-order valence-electron chi connectivity index (χ4n) is 1.46. The molecule has 13 heavy (non-hydrogen) atoms. The minimum Gasteiger partial charge on any atom is -0.342 e. The molecule has 0 aromatic heterocycles. The predicted octanol–water partition coefficient (Wildman–Crippen LogP) is 1.73. The van der Waals surface area contributed by atoms with Gasteiger partial charge in [-0.1, -0.05) is 0 Å². The van der Waals surface area contributed by atoms with Gasteiger partial charge in [-0.25, -0.2) is 8.78 Å². The monoisotopic (exact) mass is 211 g/mol. The van der Waals surface area contributed by atoms with Gasteiger partial charge in [0.1, 0.15) is 0 Å². The molecule has 0 bridgehead atoms. The highest BCUT2D eigenvalue weighted by Gasteiger charge is 2.31. The molecule has 76 valence electrons. The summed E-state index contributed by atoms with van der Waals surface area (Å²) < 4.78 is 24.4. The highest BCUT2D eigenvalue weighted by atomic mass is 35.5. The summed E-state index contributed by atoms with van der Waals surface area (Å²) in [4.78, 5) is 12.7. The van der Waals surface area contributed by atoms with Crippen LogP contribution in [0.2, 0.25) is 0 Å². The molecule has 0 radical (unpaired) electrons. The summed E-state index contributed by atoms with van der Waals surface area (Å²) >= 11 is 5.38. The molecule has 1 rings (SSSR count). The molecule has 1 fully saturated rings. The van der Waals surface area contributed by atoms with Gasteiger partial charge in [-0.3, -0.25) is 4.79 Å². The molecular weight excluding hydrogens is 200 g/mol. The van der Waals surface area contributed by atoms with Gasteiger partial charge >= 0.3 is 0 Å². The Labute approximate surface area is 80.8 Å². The van der Waals surface area contributed by atoms with Gasteiger partial charge < -0.3 is 4.90 Å². The van der Waals surface area contributed by atoms with Crippen molar-refractivity contribution in [3.8, 4) is 0 Å². The minimum absolute atomic E-state index is 0.113. The van der Waals surface area contributed by atoms with Crippen molar-refractivity contribution in [2.45, 2.75) is 19.3 Å². The summed E-state index contributed by atoms with van der Waals surface area (Å²) in [5, 5.41) is 0. The van der Waals surface area contributed by atoms with Crippen LogP contribution in [-0.4, -0.2) is 36.2 Å². The van der Waals surface area contributed by atoms with Crippen LogP contribution >= 0.6 is 11.6 Å². The van der Waals surface area contributed by atoms with Gasteiger partial charge in [0.2, 0.25) is 12.3 Å². The van der Waals surface area contributed by atoms with Gasteiger partial charge in [0.15, 0.2) is 0 Å². The van der Waals surface area contributed by atoms with Crippen LogP contribution in [0, 0.1) is 5.92 Å². The molecule has 1 heterocycles. The molecule has 0 aromatic rings. The van der Waals surface area contributed by atoms with E-state index in [1.54, 1.807) is 0 Å². The van der Waals surface area contributed by atoms with E-state index in [9.17, 15) is 13.6 Å². The zero-order valence-corrected chi connectivity index (χ0v) is 7.94. The van der Waals surface area contributed by atoms with Crippen molar-refractivity contribution in [1.82, 2.24) is 4.90 Å². The average Bonchev–Trinajstić information content (AvgIpc) is 2.52. The van der Waals surface area contributed by atoms with E-state index in [4.69, 9.17) is 11.6 Å². The van der Waals surface area contributed by atoms with Crippen LogP contribution in [0.25, 0.3) is 0 Å². The standard InChI is InChI=1S/C8H12ClF2NO/c9-3-1-7(13)12-4-2-6(5-12)8(10)11/h6,8H,1-5H2/t6-/m0/s1. The fourth-order valence-corrected chi connectivity index (χ4v) is 1.62. The number of rotatable bonds is 3. The number of nitrogens with zero attached hydrogens (tertiary/aromatic N) is 1. The van der Waals surface area contributed by atoms with Crippen LogP contribution in [0.3, 0.4) is 0 Å². The Morgan fingerprint density at radius 1 is 1.62 bits per heavy atom. The van der Waals surface area contributed by atoms with Crippen LogP contribution in [-0.2, 0) is 4.79 Å². The average molecular weight is 212 g/mol. The number of carbonyl (C=O) groups excluding carboxylic acids is 1. The SMILES string of the molecule is O=C(CCCl)N1CC[C@H](C(F)F)C1. The Morgan fingerprint density at radius 3 is 2.77 bits per heavy atom. The Morgan fingerprint density at radius 2 is 2.31 bits per heavy atom. The first-order valence-electron chi connectivity index (χ1n) is 4.27. The normalized spacial score (nSPS) is 22.8. The fraction of sp³-hybridized carbons (Fsp3) is 0.875. The summed E-state index contributed by atoms with van der Waals surface area (Å²) in [6.45, 7) is 0.637. The summed E-state index contributed by atoms with van der Waals surface area (Å²) in [6, 6.07) is 0. The Balaban J connectivity index is 2.36. The lowest BCUT2D eigenvalue weighted by Gasteiger charge is -2.15. The molecule has 0 N–H and O–H groups in total. The lowest BCUT2D eigenvalue weighted by Crippen LogP contribution is -2.29. The summed E-state index contributed by atoms with van der Waals surface area (Å²) in [7, 11) is 0. The number of alkyl halides is 3. The van der Waals surface area contributed by atoms with E-state index in [0.717, 1.165) is 0 Å². The third-order valence-electron chi connectivity index (χ3n) is 2.24. The Kier molecular flexibility index (Phi) is 3.90. The summed E-state index contributed by atoms with van der Waals surface area (Å²) in [5.74, 6) is -0.494. The lowest BCUT2D eigenvalue weighted by molar-refractivity contribution is -0.130. The van der Waals surface area contributed by atoms with Crippen molar-refractivity contribution < 1.29 is 13.6 Å². The predicted molar refractivity (Wildman–Crippen MR) is 46.0 cm³/mol. The van der Waals surface area contributed by atoms with Crippen molar-refractivity contribution in [3.63, 3.8) is 0 Å². The zero-order valence-electron chi connectivity index (χ0n) is 7.18. The molecule has 0 saturated carbocycles. The highest BCUT2D eigenvalue weighted by molar-refractivity contribution is 6.18. The van der Waals surface area contributed by atoms with Crippen LogP contribution < -0.4 is 0 Å². The third-order valence-corrected chi connectivity index (χ3v) is 2.43. The van der Waals surface area contributed by atoms with Crippen LogP contribution in [0.15, 0.2) is 0 Å². The number of carbonyl (C=O) groups is 1. The summed E-state index contributed by atoms with van der Waals surface area (Å²) in [5.41, 5.74) is 0. The van der Waals surface area contributed by atoms with Gasteiger partial charge in [-0.2, -0.15) is 0 Å². The number of amides is 1. The molecule has 1 amide bonds. The molecule has 1 atom stereocenters. The number of halogens is 3. The highest BCUT2D eigenvalue weighted by Crippen LogP contribution is 2.23. The third kappa shape index (κ3) is 2.79. The van der Waals surface area contributed by atoms with Gasteiger partial charge in [-0.15, -0.1) is 11.6 Å². The first kappa shape index (κ1) is 10.7. The summed E-state index contributed by atoms with van der Waals surface area (Å²) in [6.07, 6.45) is -1.66. The molecule has 1 saturated heterocycles. The van der Waals surface area contributed by atoms with E-state index in [0.29, 0.717) is 13.0 Å². The van der Waals surface area contributed by atoms with Crippen molar-refractivity contribution >= 4 is 17.5 Å². The molecular formula is C8H12ClF2NO. The van der Waals surface area contributed by atoms with E-state index in [2.05, 4.69) is 0 Å². The van der Waals surface area contributed by atoms with E-state index < -0.39 is 12.3 Å². The largest absolute Gasteiger partial charge is 0.342 e. The molecule has 0 unspecified atom stereocenters. The van der Waals surface area contributed by atoms with Crippen LogP contribution in [0.5, 0.6) is 0 Å². The molecule has 2 nitrogen and oxygen atoms in total. The smallest absolute Gasteiger partial charge is 0.243 e. The second-order valence-corrected chi connectivity index (χ2v) is 3.54. The van der Waals surface area contributed by atoms with E-state index in [-0.39, 0.29) is 24.8 Å². The maximum atomic E-state index is 12.2. The molecule has 0 spiro atoms. The van der Waals surface area contributed by atoms with Gasteiger partial charge in [-0.05, 0) is 6.42 Å². The first-order chi connectivity index (χ1) is 6.15. The van der Waals surface area contributed by atoms with Gasteiger partial charge in [0.25, 0.3) is 0 Å². The molecule has 0 aromatic carbocycles. The number of likely N-dealkylation sites (tertiary alicyclic amines) is 1. The van der Waals surface area contributed by atoms with Gasteiger partial charge in [0.05, 0.1) is 0 Å². The first-order valence-corrected chi connectivity index (χ1v) is 4.80. The molecule has 5 heteroatoms. The molecule has 1 aliphatic rings. The van der Waals surface area contributed by atoms with Crippen molar-refractivity contribution in [3.05, 3.63) is 0 Å². The molecule has 1 aliphatic heterocycles. The van der Waals surface area contributed by atoms with Crippen LogP contribution in [0.4, 0.5) is 8.78 Å². The number of hydrogen-bond acceptors (Lipinski definition) is 1. The second kappa shape index (κ2) is 4.74. The maximum Gasteiger partial charge on any atom is 0.243 e. The quantitative estimate of drug-likeness (QED) is 0.651. The van der Waals surface area contributed by atoms with E-state index in [1.807, 2.05) is 0 Å². The van der Waals surface area contributed by atoms with Crippen molar-refractivity contribution in [2.24, 2.45) is 5.92 Å². The van der Waals surface area contributed by atoms with Gasteiger partial charge in [0, 0.05) is 31.3 Å². The zero-order chi connectivity index (χ0) is 9.84. The number of hydrogen-bond donors (Lipinski definition) is 0. The van der Waals surface area contributed by atoms with E-state index in [1.165, 1.54) is 4.90 Å². The second-order valence-electron chi connectivity index (χ2n) is 3.16. The Hall–Kier alpha value is -0.380. The Bertz CT molecular complexity index is 189. The van der Waals surface area contributed by atoms with Crippen molar-refractivity contribution in [1.29, 1.82) is 0 Å². The lowest BCUT2D eigenvalue weighted by atomic mass is 10.1. The topological polar surface area (TPSA) is 20.3 Å². The maximum absolute atomic E-state index is 12.2. The van der Waals surface area contributed by atoms with Crippen molar-refractivity contribution in [2.75, 3.05) is 19.0 Å². The van der Waals surface area contributed by atoms with E-state index >= 15 is 0 Å². The molecule has 0 aliphatic carbocycles. The van der Waals surface area contributed by atoms with Crippen LogP contribution in [0.1, 0.15) is 12.8 Å².